The number of nitrogens with zero attached hydrogens (tertiary/aromatic N) is 3. The predicted molar refractivity (Wildman–Crippen MR) is 145 cm³/mol. The number of thioether (sulfide) groups is 1. The third-order valence-electron chi connectivity index (χ3n) is 5.07. The molecule has 37 heavy (non-hydrogen) atoms. The van der Waals surface area contributed by atoms with E-state index in [9.17, 15) is 18.0 Å². The molecule has 0 aliphatic carbocycles. The van der Waals surface area contributed by atoms with Crippen molar-refractivity contribution < 1.29 is 22.7 Å². The molecule has 2 amide bonds. The third-order valence-corrected chi connectivity index (χ3v) is 7.82. The van der Waals surface area contributed by atoms with Gasteiger partial charge in [0.1, 0.15) is 4.32 Å². The second-order valence-corrected chi connectivity index (χ2v) is 11.0. The number of rotatable bonds is 9. The molecule has 1 saturated heterocycles. The minimum Gasteiger partial charge on any atom is -0.480 e. The molecular formula is C24H21N5O5S3. The number of ether oxygens (including phenoxy) is 1. The Morgan fingerprint density at radius 3 is 2.46 bits per heavy atom. The third kappa shape index (κ3) is 6.70. The number of hydrogen-bond donors (Lipinski definition) is 2. The highest BCUT2D eigenvalue weighted by molar-refractivity contribution is 8.26. The molecule has 1 aliphatic rings. The van der Waals surface area contributed by atoms with Crippen LogP contribution in [0.4, 0.5) is 11.5 Å². The molecule has 10 nitrogen and oxygen atoms in total. The lowest BCUT2D eigenvalue weighted by Gasteiger charge is -2.14. The van der Waals surface area contributed by atoms with Crippen LogP contribution >= 0.6 is 24.0 Å². The van der Waals surface area contributed by atoms with Crippen LogP contribution in [0.15, 0.2) is 76.5 Å². The van der Waals surface area contributed by atoms with Gasteiger partial charge < -0.3 is 10.1 Å². The van der Waals surface area contributed by atoms with E-state index in [2.05, 4.69) is 20.2 Å². The number of amides is 2. The number of aromatic nitrogens is 2. The fourth-order valence-electron chi connectivity index (χ4n) is 3.23. The van der Waals surface area contributed by atoms with E-state index in [-0.39, 0.29) is 41.4 Å². The largest absolute Gasteiger partial charge is 0.480 e. The first-order valence-corrected chi connectivity index (χ1v) is 13.6. The summed E-state index contributed by atoms with van der Waals surface area (Å²) in [6.45, 7) is 0.127. The standard InChI is InChI=1S/C24H21N5O5S3/c1-34-22-12-11-20(26-27-22)28-37(32,33)18-9-7-17(8-10-18)25-21(30)13-14-29-23(31)19(36-24(29)35)15-16-5-3-2-4-6-16/h2-12,15H,13-14H2,1H3,(H,25,30)(H,26,28). The van der Waals surface area contributed by atoms with Gasteiger partial charge in [0.15, 0.2) is 5.82 Å². The first kappa shape index (κ1) is 26.3. The molecule has 1 aromatic heterocycles. The van der Waals surface area contributed by atoms with Gasteiger partial charge in [-0.3, -0.25) is 19.2 Å². The van der Waals surface area contributed by atoms with E-state index in [4.69, 9.17) is 17.0 Å². The lowest BCUT2D eigenvalue weighted by atomic mass is 10.2. The van der Waals surface area contributed by atoms with Gasteiger partial charge in [0, 0.05) is 24.7 Å². The smallest absolute Gasteiger partial charge is 0.266 e. The van der Waals surface area contributed by atoms with E-state index in [1.54, 1.807) is 6.08 Å². The maximum Gasteiger partial charge on any atom is 0.266 e. The second kappa shape index (κ2) is 11.5. The molecule has 4 rings (SSSR count). The zero-order valence-corrected chi connectivity index (χ0v) is 21.9. The molecule has 3 aromatic rings. The normalized spacial score (nSPS) is 14.6. The molecule has 2 aromatic carbocycles. The Balaban J connectivity index is 1.31. The Morgan fingerprint density at radius 2 is 1.81 bits per heavy atom. The molecular weight excluding hydrogens is 534 g/mol. The topological polar surface area (TPSA) is 131 Å². The van der Waals surface area contributed by atoms with Crippen LogP contribution in [0.25, 0.3) is 6.08 Å². The van der Waals surface area contributed by atoms with Gasteiger partial charge in [-0.15, -0.1) is 10.2 Å². The number of benzene rings is 2. The Hall–Kier alpha value is -3.81. The molecule has 2 N–H and O–H groups in total. The molecule has 190 valence electrons. The van der Waals surface area contributed by atoms with Gasteiger partial charge in [0.2, 0.25) is 11.8 Å². The fourth-order valence-corrected chi connectivity index (χ4v) is 5.53. The van der Waals surface area contributed by atoms with Gasteiger partial charge in [-0.25, -0.2) is 8.42 Å². The minimum atomic E-state index is -3.91. The van der Waals surface area contributed by atoms with Crippen molar-refractivity contribution in [1.29, 1.82) is 0 Å². The maximum absolute atomic E-state index is 12.7. The van der Waals surface area contributed by atoms with Gasteiger partial charge in [-0.05, 0) is 42.0 Å². The van der Waals surface area contributed by atoms with Crippen molar-refractivity contribution in [3.05, 3.63) is 77.2 Å². The van der Waals surface area contributed by atoms with Gasteiger partial charge in [0.05, 0.1) is 16.9 Å². The summed E-state index contributed by atoms with van der Waals surface area (Å²) in [6, 6.07) is 18.0. The molecule has 1 fully saturated rings. The predicted octanol–water partition coefficient (Wildman–Crippen LogP) is 3.52. The van der Waals surface area contributed by atoms with Gasteiger partial charge >= 0.3 is 0 Å². The summed E-state index contributed by atoms with van der Waals surface area (Å²) >= 11 is 6.52. The van der Waals surface area contributed by atoms with Crippen molar-refractivity contribution in [2.24, 2.45) is 0 Å². The maximum atomic E-state index is 12.7. The van der Waals surface area contributed by atoms with Crippen LogP contribution in [0.1, 0.15) is 12.0 Å². The highest BCUT2D eigenvalue weighted by Gasteiger charge is 2.32. The van der Waals surface area contributed by atoms with Crippen LogP contribution in [0.5, 0.6) is 5.88 Å². The van der Waals surface area contributed by atoms with Crippen molar-refractivity contribution in [3.8, 4) is 5.88 Å². The average Bonchev–Trinajstić information content (AvgIpc) is 3.15. The van der Waals surface area contributed by atoms with Crippen molar-refractivity contribution in [1.82, 2.24) is 15.1 Å². The highest BCUT2D eigenvalue weighted by atomic mass is 32.2. The highest BCUT2D eigenvalue weighted by Crippen LogP contribution is 2.32. The summed E-state index contributed by atoms with van der Waals surface area (Å²) in [7, 11) is -2.49. The Kier molecular flexibility index (Phi) is 8.16. The molecule has 2 heterocycles. The SMILES string of the molecule is COc1ccc(NS(=O)(=O)c2ccc(NC(=O)CCN3C(=O)C(=Cc4ccccc4)SC3=S)cc2)nn1. The molecule has 0 saturated carbocycles. The van der Waals surface area contributed by atoms with Crippen molar-refractivity contribution in [2.45, 2.75) is 11.3 Å². The zero-order valence-electron chi connectivity index (χ0n) is 19.5. The van der Waals surface area contributed by atoms with Crippen LogP contribution in [-0.4, -0.2) is 53.3 Å². The molecule has 13 heteroatoms. The fraction of sp³-hybridized carbons (Fsp3) is 0.125. The van der Waals surface area contributed by atoms with E-state index < -0.39 is 10.0 Å². The van der Waals surface area contributed by atoms with Crippen LogP contribution in [0, 0.1) is 0 Å². The number of carbonyl (C=O) groups is 2. The number of nitrogens with one attached hydrogen (secondary N) is 2. The van der Waals surface area contributed by atoms with Gasteiger partial charge in [-0.2, -0.15) is 0 Å². The number of hydrogen-bond acceptors (Lipinski definition) is 9. The van der Waals surface area contributed by atoms with E-state index in [0.29, 0.717) is 14.9 Å². The lowest BCUT2D eigenvalue weighted by molar-refractivity contribution is -0.122. The first-order valence-electron chi connectivity index (χ1n) is 10.9. The zero-order chi connectivity index (χ0) is 26.4. The molecule has 0 bridgehead atoms. The Morgan fingerprint density at radius 1 is 1.08 bits per heavy atom. The van der Waals surface area contributed by atoms with Gasteiger partial charge in [0.25, 0.3) is 15.9 Å². The number of methoxy groups -OCH3 is 1. The molecule has 0 radical (unpaired) electrons. The summed E-state index contributed by atoms with van der Waals surface area (Å²) in [4.78, 5) is 27.1. The van der Waals surface area contributed by atoms with Crippen LogP contribution < -0.4 is 14.8 Å². The van der Waals surface area contributed by atoms with E-state index in [0.717, 1.165) is 5.56 Å². The monoisotopic (exact) mass is 555 g/mol. The lowest BCUT2D eigenvalue weighted by Crippen LogP contribution is -2.31. The summed E-state index contributed by atoms with van der Waals surface area (Å²) in [6.07, 6.45) is 1.79. The summed E-state index contributed by atoms with van der Waals surface area (Å²) in [5, 5.41) is 10.2. The number of thiocarbonyl (C=S) groups is 1. The van der Waals surface area contributed by atoms with Crippen molar-refractivity contribution >= 4 is 67.7 Å². The van der Waals surface area contributed by atoms with E-state index in [1.807, 2.05) is 30.3 Å². The number of anilines is 2. The molecule has 0 atom stereocenters. The number of carbonyl (C=O) groups excluding carboxylic acids is 2. The summed E-state index contributed by atoms with van der Waals surface area (Å²) in [5.74, 6) is -0.298. The average molecular weight is 556 g/mol. The Labute approximate surface area is 223 Å². The number of sulfonamides is 1. The Bertz CT molecular complexity index is 1440. The van der Waals surface area contributed by atoms with E-state index >= 15 is 0 Å². The first-order chi connectivity index (χ1) is 17.7. The molecule has 0 spiro atoms. The van der Waals surface area contributed by atoms with Crippen LogP contribution in [0.2, 0.25) is 0 Å². The summed E-state index contributed by atoms with van der Waals surface area (Å²) in [5.41, 5.74) is 1.29. The van der Waals surface area contributed by atoms with Crippen molar-refractivity contribution in [2.75, 3.05) is 23.7 Å². The molecule has 1 aliphatic heterocycles. The van der Waals surface area contributed by atoms with E-state index in [1.165, 1.54) is 60.2 Å². The quantitative estimate of drug-likeness (QED) is 0.301. The second-order valence-electron chi connectivity index (χ2n) is 7.63. The molecule has 0 unspecified atom stereocenters. The van der Waals surface area contributed by atoms with Gasteiger partial charge in [-0.1, -0.05) is 54.3 Å². The summed E-state index contributed by atoms with van der Waals surface area (Å²) < 4.78 is 32.8. The van der Waals surface area contributed by atoms with Crippen molar-refractivity contribution in [3.63, 3.8) is 0 Å². The minimum absolute atomic E-state index is 0.0167. The van der Waals surface area contributed by atoms with Crippen LogP contribution in [0.3, 0.4) is 0 Å². The van der Waals surface area contributed by atoms with Crippen LogP contribution in [-0.2, 0) is 19.6 Å².